The fraction of sp³-hybridized carbons (Fsp3) is 0.222. The Morgan fingerprint density at radius 3 is 2.96 bits per heavy atom. The molecule has 25 heavy (non-hydrogen) atoms. The lowest BCUT2D eigenvalue weighted by Crippen LogP contribution is -2.42. The molecule has 0 aromatic heterocycles. The lowest BCUT2D eigenvalue weighted by atomic mass is 10.2. The van der Waals surface area contributed by atoms with Gasteiger partial charge < -0.3 is 19.3 Å². The number of aromatic hydroxyl groups is 1. The molecule has 7 heteroatoms. The molecule has 0 saturated carbocycles. The Balaban J connectivity index is 1.59. The van der Waals surface area contributed by atoms with Crippen LogP contribution >= 0.6 is 0 Å². The standard InChI is InChI=1S/C18H18N2O5/c1-2-23-16-9-12(7-8-13(16)21)10-19-20-18(22)17-11-24-14-5-3-4-6-15(14)25-17/h3-10,17,21H,2,11H2,1H3,(H,20,22). The molecule has 1 aliphatic rings. The molecule has 0 bridgehead atoms. The molecule has 1 aliphatic heterocycles. The van der Waals surface area contributed by atoms with Crippen molar-refractivity contribution in [3.8, 4) is 23.0 Å². The maximum absolute atomic E-state index is 12.1. The van der Waals surface area contributed by atoms with Crippen molar-refractivity contribution in [2.45, 2.75) is 13.0 Å². The van der Waals surface area contributed by atoms with E-state index in [-0.39, 0.29) is 12.4 Å². The van der Waals surface area contributed by atoms with Crippen molar-refractivity contribution >= 4 is 12.1 Å². The number of rotatable bonds is 5. The molecule has 1 unspecified atom stereocenters. The Kier molecular flexibility index (Phi) is 5.03. The fourth-order valence-corrected chi connectivity index (χ4v) is 2.27. The van der Waals surface area contributed by atoms with Crippen LogP contribution in [-0.4, -0.2) is 36.5 Å². The van der Waals surface area contributed by atoms with Crippen molar-refractivity contribution in [1.29, 1.82) is 0 Å². The third kappa shape index (κ3) is 4.00. The number of phenols is 1. The molecule has 0 saturated heterocycles. The number of ether oxygens (including phenoxy) is 3. The van der Waals surface area contributed by atoms with E-state index in [1.165, 1.54) is 12.3 Å². The van der Waals surface area contributed by atoms with Gasteiger partial charge in [-0.2, -0.15) is 5.10 Å². The molecule has 1 atom stereocenters. The summed E-state index contributed by atoms with van der Waals surface area (Å²) in [5, 5.41) is 13.6. The first kappa shape index (κ1) is 16.6. The number of hydrogen-bond donors (Lipinski definition) is 2. The summed E-state index contributed by atoms with van der Waals surface area (Å²) in [5.74, 6) is 1.14. The minimum absolute atomic E-state index is 0.0504. The SMILES string of the molecule is CCOc1cc(C=NNC(=O)C2COc3ccccc3O2)ccc1O. The summed E-state index contributed by atoms with van der Waals surface area (Å²) in [7, 11) is 0. The highest BCUT2D eigenvalue weighted by Gasteiger charge is 2.26. The van der Waals surface area contributed by atoms with Crippen LogP contribution in [0.25, 0.3) is 0 Å². The minimum atomic E-state index is -0.772. The number of fused-ring (bicyclic) bond motifs is 1. The Hall–Kier alpha value is -3.22. The first-order valence-corrected chi connectivity index (χ1v) is 7.84. The number of amides is 1. The lowest BCUT2D eigenvalue weighted by Gasteiger charge is -2.24. The monoisotopic (exact) mass is 342 g/mol. The molecular weight excluding hydrogens is 324 g/mol. The molecule has 7 nitrogen and oxygen atoms in total. The van der Waals surface area contributed by atoms with Crippen LogP contribution in [0.5, 0.6) is 23.0 Å². The molecule has 2 N–H and O–H groups in total. The second-order valence-electron chi connectivity index (χ2n) is 5.26. The summed E-state index contributed by atoms with van der Waals surface area (Å²) >= 11 is 0. The van der Waals surface area contributed by atoms with E-state index >= 15 is 0 Å². The normalized spacial score (nSPS) is 15.8. The number of nitrogens with zero attached hydrogens (tertiary/aromatic N) is 1. The van der Waals surface area contributed by atoms with Crippen LogP contribution in [0.2, 0.25) is 0 Å². The van der Waals surface area contributed by atoms with Gasteiger partial charge in [0.15, 0.2) is 23.0 Å². The molecule has 0 aliphatic carbocycles. The van der Waals surface area contributed by atoms with Crippen LogP contribution in [0.1, 0.15) is 12.5 Å². The molecule has 0 fully saturated rings. The van der Waals surface area contributed by atoms with Gasteiger partial charge in [-0.05, 0) is 42.8 Å². The van der Waals surface area contributed by atoms with Crippen molar-refractivity contribution in [2.24, 2.45) is 5.10 Å². The summed E-state index contributed by atoms with van der Waals surface area (Å²) in [6.45, 7) is 2.38. The number of carbonyl (C=O) groups excluding carboxylic acids is 1. The highest BCUT2D eigenvalue weighted by Crippen LogP contribution is 2.30. The minimum Gasteiger partial charge on any atom is -0.504 e. The van der Waals surface area contributed by atoms with Gasteiger partial charge in [0.25, 0.3) is 5.91 Å². The summed E-state index contributed by atoms with van der Waals surface area (Å²) in [6.07, 6.45) is 0.683. The maximum atomic E-state index is 12.1. The van der Waals surface area contributed by atoms with Gasteiger partial charge >= 0.3 is 0 Å². The van der Waals surface area contributed by atoms with Crippen molar-refractivity contribution < 1.29 is 24.1 Å². The molecular formula is C18H18N2O5. The second kappa shape index (κ2) is 7.57. The fourth-order valence-electron chi connectivity index (χ4n) is 2.27. The van der Waals surface area contributed by atoms with E-state index in [0.717, 1.165) is 0 Å². The zero-order chi connectivity index (χ0) is 17.6. The zero-order valence-electron chi connectivity index (χ0n) is 13.6. The number of benzene rings is 2. The third-order valence-corrected chi connectivity index (χ3v) is 3.47. The summed E-state index contributed by atoms with van der Waals surface area (Å²) < 4.78 is 16.4. The Morgan fingerprint density at radius 1 is 1.36 bits per heavy atom. The van der Waals surface area contributed by atoms with Crippen molar-refractivity contribution in [1.82, 2.24) is 5.43 Å². The molecule has 2 aromatic rings. The van der Waals surface area contributed by atoms with E-state index in [1.807, 2.05) is 13.0 Å². The molecule has 0 spiro atoms. The Bertz CT molecular complexity index is 791. The van der Waals surface area contributed by atoms with Gasteiger partial charge in [0.1, 0.15) is 6.61 Å². The quantitative estimate of drug-likeness (QED) is 0.641. The van der Waals surface area contributed by atoms with Gasteiger partial charge in [-0.3, -0.25) is 4.79 Å². The zero-order valence-corrected chi connectivity index (χ0v) is 13.6. The van der Waals surface area contributed by atoms with Crippen LogP contribution < -0.4 is 19.6 Å². The average Bonchev–Trinajstić information content (AvgIpc) is 2.64. The van der Waals surface area contributed by atoms with Gasteiger partial charge in [-0.25, -0.2) is 5.43 Å². The number of carbonyl (C=O) groups is 1. The van der Waals surface area contributed by atoms with Crippen LogP contribution in [0, 0.1) is 0 Å². The molecule has 0 radical (unpaired) electrons. The highest BCUT2D eigenvalue weighted by atomic mass is 16.6. The first-order valence-electron chi connectivity index (χ1n) is 7.84. The van der Waals surface area contributed by atoms with Crippen molar-refractivity contribution in [3.05, 3.63) is 48.0 Å². The topological polar surface area (TPSA) is 89.4 Å². The predicted molar refractivity (Wildman–Crippen MR) is 91.4 cm³/mol. The van der Waals surface area contributed by atoms with E-state index in [2.05, 4.69) is 10.5 Å². The molecule has 2 aromatic carbocycles. The molecule has 130 valence electrons. The number of para-hydroxylation sites is 2. The van der Waals surface area contributed by atoms with Crippen molar-refractivity contribution in [3.63, 3.8) is 0 Å². The molecule has 1 amide bonds. The molecule has 3 rings (SSSR count). The predicted octanol–water partition coefficient (Wildman–Crippen LogP) is 2.08. The summed E-state index contributed by atoms with van der Waals surface area (Å²) in [6, 6.07) is 12.0. The number of nitrogens with one attached hydrogen (secondary N) is 1. The van der Waals surface area contributed by atoms with Crippen molar-refractivity contribution in [2.75, 3.05) is 13.2 Å². The van der Waals surface area contributed by atoms with Gasteiger partial charge in [0.2, 0.25) is 6.10 Å². The second-order valence-corrected chi connectivity index (χ2v) is 5.26. The summed E-state index contributed by atoms with van der Waals surface area (Å²) in [5.41, 5.74) is 3.09. The van der Waals surface area contributed by atoms with Crippen LogP contribution in [0.3, 0.4) is 0 Å². The first-order chi connectivity index (χ1) is 12.2. The summed E-state index contributed by atoms with van der Waals surface area (Å²) in [4.78, 5) is 12.1. The smallest absolute Gasteiger partial charge is 0.284 e. The van der Waals surface area contributed by atoms with E-state index < -0.39 is 12.0 Å². The average molecular weight is 342 g/mol. The Labute approximate surface area is 144 Å². The van der Waals surface area contributed by atoms with Gasteiger partial charge in [-0.1, -0.05) is 12.1 Å². The van der Waals surface area contributed by atoms with E-state index in [9.17, 15) is 9.90 Å². The lowest BCUT2D eigenvalue weighted by molar-refractivity contribution is -0.130. The number of hydrogen-bond acceptors (Lipinski definition) is 6. The largest absolute Gasteiger partial charge is 0.504 e. The maximum Gasteiger partial charge on any atom is 0.284 e. The molecule has 1 heterocycles. The van der Waals surface area contributed by atoms with Gasteiger partial charge in [0.05, 0.1) is 12.8 Å². The number of phenolic OH excluding ortho intramolecular Hbond substituents is 1. The van der Waals surface area contributed by atoms with Crippen LogP contribution in [0.15, 0.2) is 47.6 Å². The Morgan fingerprint density at radius 2 is 2.16 bits per heavy atom. The van der Waals surface area contributed by atoms with E-state index in [0.29, 0.717) is 29.4 Å². The third-order valence-electron chi connectivity index (χ3n) is 3.47. The van der Waals surface area contributed by atoms with Gasteiger partial charge in [-0.15, -0.1) is 0 Å². The van der Waals surface area contributed by atoms with Crippen LogP contribution in [0.4, 0.5) is 0 Å². The number of hydrazone groups is 1. The van der Waals surface area contributed by atoms with Gasteiger partial charge in [0, 0.05) is 0 Å². The highest BCUT2D eigenvalue weighted by molar-refractivity contribution is 5.85. The van der Waals surface area contributed by atoms with E-state index in [4.69, 9.17) is 14.2 Å². The van der Waals surface area contributed by atoms with Crippen LogP contribution in [-0.2, 0) is 4.79 Å². The van der Waals surface area contributed by atoms with E-state index in [1.54, 1.807) is 30.3 Å².